The highest BCUT2D eigenvalue weighted by Crippen LogP contribution is 2.33. The third kappa shape index (κ3) is 5.31. The molecule has 1 aliphatic heterocycles. The molecule has 1 N–H and O–H groups in total. The van der Waals surface area contributed by atoms with Gasteiger partial charge in [0.2, 0.25) is 11.8 Å². The Balaban J connectivity index is 1.59. The standard InChI is InChI=1S/C22H31N3O5/c1-15-18(14-25-10-7-16(8-11-25)21(26)23-9-12-27-2)24-22(30-15)17-5-6-19(28-3)20(13-17)29-4/h5-6,13,16H,7-12,14H2,1-4H3,(H,23,26). The van der Waals surface area contributed by atoms with Crippen LogP contribution in [0, 0.1) is 12.8 Å². The minimum atomic E-state index is 0.0684. The molecule has 3 rings (SSSR count). The minimum absolute atomic E-state index is 0.0684. The third-order valence-corrected chi connectivity index (χ3v) is 5.46. The molecule has 1 aliphatic rings. The van der Waals surface area contributed by atoms with E-state index < -0.39 is 0 Å². The van der Waals surface area contributed by atoms with Crippen molar-refractivity contribution < 1.29 is 23.4 Å². The first-order valence-corrected chi connectivity index (χ1v) is 10.2. The fourth-order valence-corrected chi connectivity index (χ4v) is 3.65. The van der Waals surface area contributed by atoms with Crippen molar-refractivity contribution in [2.75, 3.05) is 47.6 Å². The van der Waals surface area contributed by atoms with Gasteiger partial charge >= 0.3 is 0 Å². The second-order valence-electron chi connectivity index (χ2n) is 7.43. The molecule has 1 aromatic heterocycles. The highest BCUT2D eigenvalue weighted by Gasteiger charge is 2.26. The molecule has 0 radical (unpaired) electrons. The maximum atomic E-state index is 12.2. The number of carbonyl (C=O) groups is 1. The number of nitrogens with one attached hydrogen (secondary N) is 1. The first-order valence-electron chi connectivity index (χ1n) is 10.2. The van der Waals surface area contributed by atoms with Crippen molar-refractivity contribution in [1.82, 2.24) is 15.2 Å². The normalized spacial score (nSPS) is 15.2. The van der Waals surface area contributed by atoms with Crippen LogP contribution in [0.4, 0.5) is 0 Å². The van der Waals surface area contributed by atoms with Gasteiger partial charge in [-0.1, -0.05) is 0 Å². The van der Waals surface area contributed by atoms with Crippen molar-refractivity contribution in [1.29, 1.82) is 0 Å². The number of likely N-dealkylation sites (tertiary alicyclic amines) is 1. The number of rotatable bonds is 9. The number of methoxy groups -OCH3 is 3. The highest BCUT2D eigenvalue weighted by atomic mass is 16.5. The zero-order valence-corrected chi connectivity index (χ0v) is 18.2. The number of benzene rings is 1. The van der Waals surface area contributed by atoms with E-state index in [0.717, 1.165) is 42.9 Å². The molecule has 1 saturated heterocycles. The van der Waals surface area contributed by atoms with Gasteiger partial charge in [-0.3, -0.25) is 9.69 Å². The summed E-state index contributed by atoms with van der Waals surface area (Å²) in [4.78, 5) is 19.3. The van der Waals surface area contributed by atoms with E-state index in [1.165, 1.54) is 0 Å². The largest absolute Gasteiger partial charge is 0.493 e. The second-order valence-corrected chi connectivity index (χ2v) is 7.43. The van der Waals surface area contributed by atoms with Crippen LogP contribution in [0.2, 0.25) is 0 Å². The fraction of sp³-hybridized carbons (Fsp3) is 0.545. The van der Waals surface area contributed by atoms with Gasteiger partial charge < -0.3 is 23.9 Å². The Hall–Kier alpha value is -2.58. The van der Waals surface area contributed by atoms with Crippen LogP contribution in [0.1, 0.15) is 24.3 Å². The number of aromatic nitrogens is 1. The van der Waals surface area contributed by atoms with Crippen LogP contribution in [0.15, 0.2) is 22.6 Å². The number of aryl methyl sites for hydroxylation is 1. The van der Waals surface area contributed by atoms with Crippen LogP contribution in [-0.2, 0) is 16.1 Å². The van der Waals surface area contributed by atoms with E-state index in [9.17, 15) is 4.79 Å². The van der Waals surface area contributed by atoms with Crippen LogP contribution in [0.3, 0.4) is 0 Å². The zero-order chi connectivity index (χ0) is 21.5. The SMILES string of the molecule is COCCNC(=O)C1CCN(Cc2nc(-c3ccc(OC)c(OC)c3)oc2C)CC1. The van der Waals surface area contributed by atoms with Gasteiger partial charge in [-0.05, 0) is 51.1 Å². The first kappa shape index (κ1) is 22.1. The number of hydrogen-bond acceptors (Lipinski definition) is 7. The molecule has 0 bridgehead atoms. The average Bonchev–Trinajstić information content (AvgIpc) is 3.14. The highest BCUT2D eigenvalue weighted by molar-refractivity contribution is 5.78. The smallest absolute Gasteiger partial charge is 0.226 e. The van der Waals surface area contributed by atoms with Gasteiger partial charge in [0, 0.05) is 31.7 Å². The lowest BCUT2D eigenvalue weighted by molar-refractivity contribution is -0.126. The van der Waals surface area contributed by atoms with Gasteiger partial charge in [0.1, 0.15) is 5.76 Å². The van der Waals surface area contributed by atoms with Crippen molar-refractivity contribution in [2.45, 2.75) is 26.3 Å². The molecule has 0 spiro atoms. The summed E-state index contributed by atoms with van der Waals surface area (Å²) in [5.41, 5.74) is 1.76. The number of amides is 1. The first-order chi connectivity index (χ1) is 14.5. The summed E-state index contributed by atoms with van der Waals surface area (Å²) in [5, 5.41) is 2.94. The van der Waals surface area contributed by atoms with Crippen LogP contribution in [0.25, 0.3) is 11.5 Å². The van der Waals surface area contributed by atoms with Crippen LogP contribution in [0.5, 0.6) is 11.5 Å². The maximum Gasteiger partial charge on any atom is 0.226 e. The Morgan fingerprint density at radius 1 is 1.20 bits per heavy atom. The van der Waals surface area contributed by atoms with Gasteiger partial charge in [-0.2, -0.15) is 0 Å². The van der Waals surface area contributed by atoms with Crippen molar-refractivity contribution in [3.05, 3.63) is 29.7 Å². The lowest BCUT2D eigenvalue weighted by atomic mass is 9.96. The van der Waals surface area contributed by atoms with Crippen LogP contribution >= 0.6 is 0 Å². The van der Waals surface area contributed by atoms with Crippen molar-refractivity contribution in [3.63, 3.8) is 0 Å². The summed E-state index contributed by atoms with van der Waals surface area (Å²) in [6, 6.07) is 5.61. The summed E-state index contributed by atoms with van der Waals surface area (Å²) in [5.74, 6) is 2.87. The third-order valence-electron chi connectivity index (χ3n) is 5.46. The Bertz CT molecular complexity index is 843. The quantitative estimate of drug-likeness (QED) is 0.628. The molecule has 0 aliphatic carbocycles. The van der Waals surface area contributed by atoms with Gasteiger partial charge in [0.05, 0.1) is 26.5 Å². The Morgan fingerprint density at radius 3 is 2.60 bits per heavy atom. The molecule has 2 heterocycles. The molecular weight excluding hydrogens is 386 g/mol. The van der Waals surface area contributed by atoms with Crippen LogP contribution in [-0.4, -0.2) is 63.4 Å². The number of oxazole rings is 1. The summed E-state index contributed by atoms with van der Waals surface area (Å²) in [6.07, 6.45) is 1.69. The van der Waals surface area contributed by atoms with Crippen LogP contribution < -0.4 is 14.8 Å². The van der Waals surface area contributed by atoms with E-state index in [1.54, 1.807) is 21.3 Å². The molecule has 2 aromatic rings. The number of carbonyl (C=O) groups excluding carboxylic acids is 1. The lowest BCUT2D eigenvalue weighted by Gasteiger charge is -2.30. The monoisotopic (exact) mass is 417 g/mol. The molecule has 0 atom stereocenters. The van der Waals surface area contributed by atoms with E-state index >= 15 is 0 Å². The molecule has 0 unspecified atom stereocenters. The summed E-state index contributed by atoms with van der Waals surface area (Å²) in [6.45, 7) is 5.47. The van der Waals surface area contributed by atoms with Gasteiger partial charge in [-0.25, -0.2) is 4.98 Å². The van der Waals surface area contributed by atoms with E-state index in [1.807, 2.05) is 25.1 Å². The number of ether oxygens (including phenoxy) is 3. The predicted octanol–water partition coefficient (Wildman–Crippen LogP) is 2.64. The summed E-state index contributed by atoms with van der Waals surface area (Å²) >= 11 is 0. The molecule has 164 valence electrons. The van der Waals surface area contributed by atoms with Gasteiger partial charge in [-0.15, -0.1) is 0 Å². The molecule has 8 heteroatoms. The summed E-state index contributed by atoms with van der Waals surface area (Å²) < 4.78 is 21.6. The Labute approximate surface area is 177 Å². The summed E-state index contributed by atoms with van der Waals surface area (Å²) in [7, 11) is 4.85. The number of hydrogen-bond donors (Lipinski definition) is 1. The van der Waals surface area contributed by atoms with E-state index in [-0.39, 0.29) is 11.8 Å². The van der Waals surface area contributed by atoms with Gasteiger partial charge in [0.15, 0.2) is 11.5 Å². The second kappa shape index (κ2) is 10.4. The van der Waals surface area contributed by atoms with Crippen molar-refractivity contribution in [3.8, 4) is 23.0 Å². The maximum absolute atomic E-state index is 12.2. The number of piperidine rings is 1. The molecule has 0 saturated carbocycles. The van der Waals surface area contributed by atoms with E-state index in [2.05, 4.69) is 10.2 Å². The Morgan fingerprint density at radius 2 is 1.93 bits per heavy atom. The predicted molar refractivity (Wildman–Crippen MR) is 113 cm³/mol. The molecule has 1 aromatic carbocycles. The van der Waals surface area contributed by atoms with Gasteiger partial charge in [0.25, 0.3) is 0 Å². The molecular formula is C22H31N3O5. The van der Waals surface area contributed by atoms with E-state index in [0.29, 0.717) is 37.1 Å². The molecule has 1 fully saturated rings. The van der Waals surface area contributed by atoms with Crippen molar-refractivity contribution >= 4 is 5.91 Å². The van der Waals surface area contributed by atoms with E-state index in [4.69, 9.17) is 23.6 Å². The fourth-order valence-electron chi connectivity index (χ4n) is 3.65. The number of nitrogens with zero attached hydrogens (tertiary/aromatic N) is 2. The Kier molecular flexibility index (Phi) is 7.70. The molecule has 30 heavy (non-hydrogen) atoms. The average molecular weight is 418 g/mol. The minimum Gasteiger partial charge on any atom is -0.493 e. The molecule has 8 nitrogen and oxygen atoms in total. The van der Waals surface area contributed by atoms with Crippen molar-refractivity contribution in [2.24, 2.45) is 5.92 Å². The topological polar surface area (TPSA) is 86.1 Å². The molecule has 1 amide bonds. The zero-order valence-electron chi connectivity index (χ0n) is 18.2. The lowest BCUT2D eigenvalue weighted by Crippen LogP contribution is -2.41.